The second-order valence-electron chi connectivity index (χ2n) is 5.84. The van der Waals surface area contributed by atoms with Gasteiger partial charge >= 0.3 is 0 Å². The molecule has 1 aliphatic heterocycles. The highest BCUT2D eigenvalue weighted by molar-refractivity contribution is 6.05. The van der Waals surface area contributed by atoms with Crippen LogP contribution in [0.4, 0.5) is 11.4 Å². The molecule has 5 heteroatoms. The van der Waals surface area contributed by atoms with E-state index < -0.39 is 0 Å². The lowest BCUT2D eigenvalue weighted by molar-refractivity contribution is -0.121. The molecule has 1 aliphatic rings. The van der Waals surface area contributed by atoms with Gasteiger partial charge in [-0.2, -0.15) is 0 Å². The van der Waals surface area contributed by atoms with E-state index in [1.807, 2.05) is 38.1 Å². The number of hydrogen-bond acceptors (Lipinski definition) is 3. The summed E-state index contributed by atoms with van der Waals surface area (Å²) in [6.45, 7) is 4.66. The fourth-order valence-electron chi connectivity index (χ4n) is 2.74. The fourth-order valence-corrected chi connectivity index (χ4v) is 2.74. The zero-order valence-corrected chi connectivity index (χ0v) is 13.8. The maximum absolute atomic E-state index is 12.3. The summed E-state index contributed by atoms with van der Waals surface area (Å²) >= 11 is 0. The number of aryl methyl sites for hydroxylation is 1. The molecule has 2 aromatic rings. The first kappa shape index (κ1) is 16.1. The van der Waals surface area contributed by atoms with E-state index in [-0.39, 0.29) is 18.4 Å². The van der Waals surface area contributed by atoms with Gasteiger partial charge in [0.2, 0.25) is 0 Å². The number of hydrogen-bond donors (Lipinski definition) is 1. The lowest BCUT2D eigenvalue weighted by Crippen LogP contribution is -2.39. The third-order valence-corrected chi connectivity index (χ3v) is 3.89. The van der Waals surface area contributed by atoms with E-state index in [9.17, 15) is 9.59 Å². The Labute approximate surface area is 141 Å². The summed E-state index contributed by atoms with van der Waals surface area (Å²) in [5.74, 6) is 0.405. The van der Waals surface area contributed by atoms with Crippen LogP contribution in [-0.2, 0) is 4.79 Å². The summed E-state index contributed by atoms with van der Waals surface area (Å²) in [4.78, 5) is 26.0. The summed E-state index contributed by atoms with van der Waals surface area (Å²) in [6, 6.07) is 12.8. The van der Waals surface area contributed by atoms with Crippen molar-refractivity contribution < 1.29 is 14.3 Å². The van der Waals surface area contributed by atoms with Crippen LogP contribution in [0.3, 0.4) is 0 Å². The number of nitrogens with one attached hydrogen (secondary N) is 1. The Morgan fingerprint density at radius 3 is 2.83 bits per heavy atom. The van der Waals surface area contributed by atoms with Crippen LogP contribution in [0, 0.1) is 6.92 Å². The summed E-state index contributed by atoms with van der Waals surface area (Å²) < 4.78 is 5.52. The molecule has 2 amide bonds. The van der Waals surface area contributed by atoms with Crippen LogP contribution in [0.25, 0.3) is 0 Å². The standard InChI is InChI=1S/C19H20N2O3/c1-3-9-21-16-8-7-15(11-17(16)24-12-18(21)22)20-19(23)14-6-4-5-13(2)10-14/h4-8,10-11H,3,9,12H2,1-2H3,(H,20,23). The highest BCUT2D eigenvalue weighted by Gasteiger charge is 2.25. The molecule has 0 unspecified atom stereocenters. The lowest BCUT2D eigenvalue weighted by Gasteiger charge is -2.29. The first-order valence-electron chi connectivity index (χ1n) is 8.03. The lowest BCUT2D eigenvalue weighted by atomic mass is 10.1. The minimum Gasteiger partial charge on any atom is -0.481 e. The van der Waals surface area contributed by atoms with E-state index in [1.165, 1.54) is 0 Å². The molecule has 1 N–H and O–H groups in total. The average Bonchev–Trinajstić information content (AvgIpc) is 2.57. The van der Waals surface area contributed by atoms with Crippen molar-refractivity contribution in [3.05, 3.63) is 53.6 Å². The number of fused-ring (bicyclic) bond motifs is 1. The Kier molecular flexibility index (Phi) is 4.51. The van der Waals surface area contributed by atoms with Crippen LogP contribution in [0.2, 0.25) is 0 Å². The fraction of sp³-hybridized carbons (Fsp3) is 0.263. The number of amides is 2. The SMILES string of the molecule is CCCN1C(=O)COc2cc(NC(=O)c3cccc(C)c3)ccc21. The molecule has 0 aromatic heterocycles. The molecule has 5 nitrogen and oxygen atoms in total. The van der Waals surface area contributed by atoms with Gasteiger partial charge in [-0.25, -0.2) is 0 Å². The van der Waals surface area contributed by atoms with Gasteiger partial charge in [0.25, 0.3) is 11.8 Å². The summed E-state index contributed by atoms with van der Waals surface area (Å²) in [6.07, 6.45) is 0.872. The van der Waals surface area contributed by atoms with Crippen LogP contribution < -0.4 is 15.0 Å². The van der Waals surface area contributed by atoms with Crippen molar-refractivity contribution in [3.8, 4) is 5.75 Å². The number of ether oxygens (including phenoxy) is 1. The molecule has 0 saturated heterocycles. The van der Waals surface area contributed by atoms with E-state index in [2.05, 4.69) is 5.32 Å². The maximum Gasteiger partial charge on any atom is 0.265 e. The third-order valence-electron chi connectivity index (χ3n) is 3.89. The number of carbonyl (C=O) groups excluding carboxylic acids is 2. The van der Waals surface area contributed by atoms with Crippen molar-refractivity contribution in [1.29, 1.82) is 0 Å². The molecule has 2 aromatic carbocycles. The normalized spacial score (nSPS) is 13.2. The quantitative estimate of drug-likeness (QED) is 0.938. The molecule has 124 valence electrons. The van der Waals surface area contributed by atoms with Gasteiger partial charge in [0.1, 0.15) is 5.75 Å². The second-order valence-corrected chi connectivity index (χ2v) is 5.84. The predicted molar refractivity (Wildman–Crippen MR) is 93.7 cm³/mol. The van der Waals surface area contributed by atoms with E-state index in [4.69, 9.17) is 4.74 Å². The Balaban J connectivity index is 1.81. The number of rotatable bonds is 4. The van der Waals surface area contributed by atoms with Crippen molar-refractivity contribution in [1.82, 2.24) is 0 Å². The first-order chi connectivity index (χ1) is 11.6. The summed E-state index contributed by atoms with van der Waals surface area (Å²) in [5.41, 5.74) is 3.04. The van der Waals surface area contributed by atoms with Gasteiger partial charge in [-0.15, -0.1) is 0 Å². The Morgan fingerprint density at radius 2 is 2.08 bits per heavy atom. The zero-order valence-electron chi connectivity index (χ0n) is 13.8. The summed E-state index contributed by atoms with van der Waals surface area (Å²) in [5, 5.41) is 2.87. The van der Waals surface area contributed by atoms with E-state index >= 15 is 0 Å². The van der Waals surface area contributed by atoms with Crippen LogP contribution in [0.15, 0.2) is 42.5 Å². The largest absolute Gasteiger partial charge is 0.481 e. The van der Waals surface area contributed by atoms with Gasteiger partial charge in [-0.05, 0) is 37.6 Å². The molecule has 0 aliphatic carbocycles. The van der Waals surface area contributed by atoms with Gasteiger partial charge in [-0.1, -0.05) is 24.6 Å². The predicted octanol–water partition coefficient (Wildman–Crippen LogP) is 3.38. The molecule has 0 spiro atoms. The molecule has 24 heavy (non-hydrogen) atoms. The Bertz CT molecular complexity index is 786. The topological polar surface area (TPSA) is 58.6 Å². The smallest absolute Gasteiger partial charge is 0.265 e. The molecule has 0 bridgehead atoms. The number of nitrogens with zero attached hydrogens (tertiary/aromatic N) is 1. The molecule has 0 radical (unpaired) electrons. The van der Waals surface area contributed by atoms with Gasteiger partial charge in [0.15, 0.2) is 6.61 Å². The maximum atomic E-state index is 12.3. The van der Waals surface area contributed by atoms with Crippen molar-refractivity contribution in [2.45, 2.75) is 20.3 Å². The zero-order chi connectivity index (χ0) is 17.1. The number of carbonyl (C=O) groups is 2. The van der Waals surface area contributed by atoms with Gasteiger partial charge in [0, 0.05) is 23.9 Å². The van der Waals surface area contributed by atoms with Crippen LogP contribution in [0.1, 0.15) is 29.3 Å². The molecule has 0 atom stereocenters. The highest BCUT2D eigenvalue weighted by atomic mass is 16.5. The first-order valence-corrected chi connectivity index (χ1v) is 8.03. The van der Waals surface area contributed by atoms with Gasteiger partial charge < -0.3 is 15.0 Å². The summed E-state index contributed by atoms with van der Waals surface area (Å²) in [7, 11) is 0. The minimum absolute atomic E-state index is 0.0300. The highest BCUT2D eigenvalue weighted by Crippen LogP contribution is 2.34. The minimum atomic E-state index is -0.170. The molecule has 0 fully saturated rings. The monoisotopic (exact) mass is 324 g/mol. The van der Waals surface area contributed by atoms with Crippen LogP contribution in [-0.4, -0.2) is 25.0 Å². The molecule has 0 saturated carbocycles. The number of anilines is 2. The number of benzene rings is 2. The van der Waals surface area contributed by atoms with Crippen LogP contribution in [0.5, 0.6) is 5.75 Å². The Morgan fingerprint density at radius 1 is 1.25 bits per heavy atom. The Hall–Kier alpha value is -2.82. The van der Waals surface area contributed by atoms with Crippen molar-refractivity contribution in [3.63, 3.8) is 0 Å². The molecule has 1 heterocycles. The molecular formula is C19H20N2O3. The van der Waals surface area contributed by atoms with Crippen LogP contribution >= 0.6 is 0 Å². The van der Waals surface area contributed by atoms with Gasteiger partial charge in [0.05, 0.1) is 5.69 Å². The average molecular weight is 324 g/mol. The van der Waals surface area contributed by atoms with E-state index in [0.29, 0.717) is 23.5 Å². The third kappa shape index (κ3) is 3.25. The molecule has 3 rings (SSSR count). The van der Waals surface area contributed by atoms with Crippen molar-refractivity contribution in [2.24, 2.45) is 0 Å². The van der Waals surface area contributed by atoms with Crippen molar-refractivity contribution in [2.75, 3.05) is 23.4 Å². The molecular weight excluding hydrogens is 304 g/mol. The van der Waals surface area contributed by atoms with E-state index in [1.54, 1.807) is 23.1 Å². The van der Waals surface area contributed by atoms with Crippen molar-refractivity contribution >= 4 is 23.2 Å². The van der Waals surface area contributed by atoms with E-state index in [0.717, 1.165) is 17.7 Å². The second kappa shape index (κ2) is 6.74. The van der Waals surface area contributed by atoms with Gasteiger partial charge in [-0.3, -0.25) is 9.59 Å².